The van der Waals surface area contributed by atoms with Crippen LogP contribution in [0.2, 0.25) is 5.02 Å². The van der Waals surface area contributed by atoms with Gasteiger partial charge >= 0.3 is 0 Å². The molecule has 2 N–H and O–H groups in total. The van der Waals surface area contributed by atoms with Crippen molar-refractivity contribution in [2.24, 2.45) is 11.8 Å². The molecule has 2 aromatic rings. The Labute approximate surface area is 229 Å². The van der Waals surface area contributed by atoms with Gasteiger partial charge in [-0.25, -0.2) is 0 Å². The van der Waals surface area contributed by atoms with Crippen molar-refractivity contribution in [2.45, 2.75) is 50.8 Å². The lowest BCUT2D eigenvalue weighted by Gasteiger charge is -2.40. The predicted octanol–water partition coefficient (Wildman–Crippen LogP) is 4.14. The highest BCUT2D eigenvalue weighted by molar-refractivity contribution is 7.98. The van der Waals surface area contributed by atoms with Crippen molar-refractivity contribution in [3.8, 4) is 11.5 Å². The first kappa shape index (κ1) is 23.9. The summed E-state index contributed by atoms with van der Waals surface area (Å²) >= 11 is 7.82. The number of aromatic nitrogens is 1. The summed E-state index contributed by atoms with van der Waals surface area (Å²) in [6.07, 6.45) is 3.57. The van der Waals surface area contributed by atoms with Crippen LogP contribution in [0.25, 0.3) is 0 Å². The minimum atomic E-state index is -2.43. The molecule has 200 valence electrons. The molecule has 2 saturated heterocycles. The standard InChI is InChI=1S/C27H34ClN3O5S/c1-15-9-22(37-4)20(26(33)30-15)11-29-25(32)19-10-21(28)24-23(16(19)2)35-27(3,36-24)18-5-7-31(8-6-18)12-17-13-34-14-17/h9-10,17-18H,5-8,11-14H2,1-4H3,(H,29,32)(H,30,33)/t27-/m0/s1/i11D2. The molecule has 0 radical (unpaired) electrons. The minimum Gasteiger partial charge on any atom is -0.448 e. The first-order valence-corrected chi connectivity index (χ1v) is 14.1. The number of carbonyl (C=O) groups is 1. The Balaban J connectivity index is 1.34. The number of fused-ring (bicyclic) bond motifs is 1. The number of rotatable bonds is 7. The zero-order valence-electron chi connectivity index (χ0n) is 23.5. The summed E-state index contributed by atoms with van der Waals surface area (Å²) in [6.45, 7) is 7.56. The third kappa shape index (κ3) is 5.24. The molecule has 4 heterocycles. The van der Waals surface area contributed by atoms with Crippen LogP contribution in [0, 0.1) is 25.7 Å². The first-order chi connectivity index (χ1) is 18.4. The summed E-state index contributed by atoms with van der Waals surface area (Å²) in [5.41, 5.74) is 0.518. The number of H-pyrrole nitrogens is 1. The van der Waals surface area contributed by atoms with Gasteiger partial charge in [0.1, 0.15) is 0 Å². The van der Waals surface area contributed by atoms with Crippen LogP contribution in [0.5, 0.6) is 11.5 Å². The number of aryl methyl sites for hydroxylation is 1. The molecule has 3 aliphatic rings. The van der Waals surface area contributed by atoms with Gasteiger partial charge in [0.2, 0.25) is 0 Å². The number of ether oxygens (including phenoxy) is 3. The number of nitrogens with zero attached hydrogens (tertiary/aromatic N) is 1. The molecular formula is C27H34ClN3O5S. The number of carbonyl (C=O) groups excluding carboxylic acids is 1. The molecule has 8 nitrogen and oxygen atoms in total. The molecule has 0 saturated carbocycles. The molecule has 0 aliphatic carbocycles. The van der Waals surface area contributed by atoms with Crippen LogP contribution in [-0.2, 0) is 11.2 Å². The largest absolute Gasteiger partial charge is 0.448 e. The Morgan fingerprint density at radius 3 is 2.62 bits per heavy atom. The van der Waals surface area contributed by atoms with Gasteiger partial charge in [0, 0.05) is 59.1 Å². The molecule has 1 aromatic carbocycles. The van der Waals surface area contributed by atoms with Crippen molar-refractivity contribution >= 4 is 29.3 Å². The van der Waals surface area contributed by atoms with E-state index < -0.39 is 23.8 Å². The van der Waals surface area contributed by atoms with Crippen LogP contribution in [0.3, 0.4) is 0 Å². The van der Waals surface area contributed by atoms with Gasteiger partial charge in [0.05, 0.1) is 21.0 Å². The molecule has 1 atom stereocenters. The van der Waals surface area contributed by atoms with Gasteiger partial charge < -0.3 is 29.4 Å². The van der Waals surface area contributed by atoms with E-state index >= 15 is 0 Å². The Morgan fingerprint density at radius 2 is 1.97 bits per heavy atom. The maximum atomic E-state index is 13.4. The number of hydrogen-bond acceptors (Lipinski definition) is 7. The maximum absolute atomic E-state index is 13.4. The highest BCUT2D eigenvalue weighted by Crippen LogP contribution is 2.51. The number of pyridine rings is 1. The third-order valence-corrected chi connectivity index (χ3v) is 8.54. The quantitative estimate of drug-likeness (QED) is 0.501. The molecule has 37 heavy (non-hydrogen) atoms. The van der Waals surface area contributed by atoms with Crippen LogP contribution in [0.4, 0.5) is 0 Å². The smallest absolute Gasteiger partial charge is 0.254 e. The van der Waals surface area contributed by atoms with Gasteiger partial charge in [-0.3, -0.25) is 9.59 Å². The minimum absolute atomic E-state index is 0.138. The predicted molar refractivity (Wildman–Crippen MR) is 144 cm³/mol. The van der Waals surface area contributed by atoms with E-state index in [2.05, 4.69) is 15.2 Å². The van der Waals surface area contributed by atoms with Gasteiger partial charge in [0.15, 0.2) is 11.5 Å². The second-order valence-electron chi connectivity index (χ2n) is 10.2. The van der Waals surface area contributed by atoms with Crippen LogP contribution in [0.15, 0.2) is 21.8 Å². The average molecular weight is 550 g/mol. The molecular weight excluding hydrogens is 514 g/mol. The number of aromatic amines is 1. The van der Waals surface area contributed by atoms with E-state index in [4.69, 9.17) is 28.6 Å². The number of halogens is 1. The number of thioether (sulfide) groups is 1. The Morgan fingerprint density at radius 1 is 1.27 bits per heavy atom. The second-order valence-corrected chi connectivity index (χ2v) is 11.4. The van der Waals surface area contributed by atoms with Crippen molar-refractivity contribution in [3.63, 3.8) is 0 Å². The number of hydrogen-bond donors (Lipinski definition) is 2. The van der Waals surface area contributed by atoms with E-state index in [0.29, 0.717) is 33.6 Å². The second kappa shape index (κ2) is 10.5. The monoisotopic (exact) mass is 549 g/mol. The summed E-state index contributed by atoms with van der Waals surface area (Å²) in [6, 6.07) is 3.15. The van der Waals surface area contributed by atoms with E-state index in [1.54, 1.807) is 26.2 Å². The van der Waals surface area contributed by atoms with Gasteiger partial charge in [-0.05, 0) is 58.2 Å². The van der Waals surface area contributed by atoms with E-state index in [0.717, 1.165) is 45.7 Å². The van der Waals surface area contributed by atoms with E-state index in [-0.39, 0.29) is 22.1 Å². The average Bonchev–Trinajstić information content (AvgIpc) is 3.22. The summed E-state index contributed by atoms with van der Waals surface area (Å²) in [5, 5.41) is 2.60. The lowest BCUT2D eigenvalue weighted by molar-refractivity contribution is -0.128. The van der Waals surface area contributed by atoms with Crippen molar-refractivity contribution < 1.29 is 21.7 Å². The molecule has 0 unspecified atom stereocenters. The summed E-state index contributed by atoms with van der Waals surface area (Å²) < 4.78 is 35.1. The molecule has 0 spiro atoms. The Hall–Kier alpha value is -2.20. The maximum Gasteiger partial charge on any atom is 0.254 e. The van der Waals surface area contributed by atoms with Gasteiger partial charge in [-0.15, -0.1) is 11.8 Å². The molecule has 10 heteroatoms. The van der Waals surface area contributed by atoms with E-state index in [1.165, 1.54) is 17.8 Å². The molecule has 1 amide bonds. The fraction of sp³-hybridized carbons (Fsp3) is 0.556. The number of likely N-dealkylation sites (tertiary alicyclic amines) is 1. The van der Waals surface area contributed by atoms with Gasteiger partial charge in [-0.2, -0.15) is 0 Å². The molecule has 2 fully saturated rings. The number of piperidine rings is 1. The fourth-order valence-electron chi connectivity index (χ4n) is 5.27. The van der Waals surface area contributed by atoms with Crippen LogP contribution < -0.4 is 20.3 Å². The lowest BCUT2D eigenvalue weighted by Crippen LogP contribution is -2.50. The van der Waals surface area contributed by atoms with Crippen molar-refractivity contribution in [1.29, 1.82) is 0 Å². The summed E-state index contributed by atoms with van der Waals surface area (Å²) in [7, 11) is 0. The van der Waals surface area contributed by atoms with Gasteiger partial charge in [-0.1, -0.05) is 11.6 Å². The van der Waals surface area contributed by atoms with E-state index in [1.807, 2.05) is 6.92 Å². The molecule has 0 bridgehead atoms. The molecule has 1 aromatic heterocycles. The highest BCUT2D eigenvalue weighted by Gasteiger charge is 2.47. The summed E-state index contributed by atoms with van der Waals surface area (Å²) in [5.74, 6) is -0.0882. The van der Waals surface area contributed by atoms with Crippen LogP contribution in [0.1, 0.15) is 49.7 Å². The summed E-state index contributed by atoms with van der Waals surface area (Å²) in [4.78, 5) is 31.5. The highest BCUT2D eigenvalue weighted by atomic mass is 35.5. The lowest BCUT2D eigenvalue weighted by atomic mass is 9.88. The zero-order valence-corrected chi connectivity index (χ0v) is 23.1. The van der Waals surface area contributed by atoms with Crippen LogP contribution in [-0.4, -0.2) is 60.7 Å². The fourth-order valence-corrected chi connectivity index (χ4v) is 6.14. The Bertz CT molecular complexity index is 1340. The number of nitrogens with one attached hydrogen (secondary N) is 2. The first-order valence-electron chi connectivity index (χ1n) is 13.5. The zero-order chi connectivity index (χ0) is 28.1. The number of benzene rings is 1. The van der Waals surface area contributed by atoms with Gasteiger partial charge in [0.25, 0.3) is 17.3 Å². The van der Waals surface area contributed by atoms with Crippen molar-refractivity contribution in [1.82, 2.24) is 15.2 Å². The molecule has 3 aliphatic heterocycles. The number of amides is 1. The molecule has 5 rings (SSSR count). The van der Waals surface area contributed by atoms with Crippen molar-refractivity contribution in [3.05, 3.63) is 49.9 Å². The SMILES string of the molecule is [2H]C([2H])(NC(=O)c1cc(Cl)c2c(c1C)O[C@](C)(C1CCN(CC3COC3)CC1)O2)c1c(SC)cc(C)[nH]c1=O. The third-order valence-electron chi connectivity index (χ3n) is 7.50. The Kier molecular flexibility index (Phi) is 6.79. The van der Waals surface area contributed by atoms with Crippen molar-refractivity contribution in [2.75, 3.05) is 39.1 Å². The van der Waals surface area contributed by atoms with Crippen LogP contribution >= 0.6 is 23.4 Å². The normalized spacial score (nSPS) is 23.4. The van der Waals surface area contributed by atoms with E-state index in [9.17, 15) is 9.59 Å². The topological polar surface area (TPSA) is 92.9 Å².